The molecule has 98 valence electrons. The number of Topliss-reactive ketones (excluding diaryl/α,β-unsaturated/α-hetero) is 1. The minimum atomic E-state index is 0.217. The van der Waals surface area contributed by atoms with Gasteiger partial charge in [-0.3, -0.25) is 4.79 Å². The normalized spacial score (nSPS) is 23.9. The fraction of sp³-hybridized carbons (Fsp3) is 0.533. The van der Waals surface area contributed by atoms with E-state index in [4.69, 9.17) is 0 Å². The number of hydrogen-bond donors (Lipinski definition) is 0. The Kier molecular flexibility index (Phi) is 5.02. The zero-order valence-corrected chi connectivity index (χ0v) is 13.8. The summed E-state index contributed by atoms with van der Waals surface area (Å²) in [7, 11) is 0. The maximum absolute atomic E-state index is 12.7. The van der Waals surface area contributed by atoms with E-state index in [1.165, 1.54) is 19.3 Å². The Balaban J connectivity index is 2.26. The molecule has 1 aliphatic rings. The SMILES string of the molecule is CCC1CCCCC1C(=O)c1cc(Br)ccc1Br. The number of carbonyl (C=O) groups excluding carboxylic acids is 1. The van der Waals surface area contributed by atoms with Gasteiger partial charge in [-0.25, -0.2) is 0 Å². The Morgan fingerprint density at radius 1 is 1.28 bits per heavy atom. The highest BCUT2D eigenvalue weighted by Crippen LogP contribution is 2.36. The molecular formula is C15H18Br2O. The molecule has 1 fully saturated rings. The van der Waals surface area contributed by atoms with Crippen LogP contribution in [0.25, 0.3) is 0 Å². The van der Waals surface area contributed by atoms with Crippen LogP contribution in [0.15, 0.2) is 27.1 Å². The van der Waals surface area contributed by atoms with Crippen molar-refractivity contribution in [2.75, 3.05) is 0 Å². The van der Waals surface area contributed by atoms with E-state index < -0.39 is 0 Å². The van der Waals surface area contributed by atoms with Gasteiger partial charge < -0.3 is 0 Å². The standard InChI is InChI=1S/C15H18Br2O/c1-2-10-5-3-4-6-12(10)15(18)13-9-11(16)7-8-14(13)17/h7-10,12H,2-6H2,1H3. The molecule has 0 radical (unpaired) electrons. The summed E-state index contributed by atoms with van der Waals surface area (Å²) in [5.41, 5.74) is 0.828. The maximum Gasteiger partial charge on any atom is 0.167 e. The van der Waals surface area contributed by atoms with Gasteiger partial charge in [-0.2, -0.15) is 0 Å². The van der Waals surface area contributed by atoms with Gasteiger partial charge in [0.15, 0.2) is 5.78 Å². The summed E-state index contributed by atoms with van der Waals surface area (Å²) < 4.78 is 1.88. The van der Waals surface area contributed by atoms with Crippen molar-refractivity contribution in [3.05, 3.63) is 32.7 Å². The molecule has 0 spiro atoms. The smallest absolute Gasteiger partial charge is 0.167 e. The molecule has 1 aliphatic carbocycles. The number of halogens is 2. The molecule has 0 heterocycles. The van der Waals surface area contributed by atoms with Crippen molar-refractivity contribution in [1.82, 2.24) is 0 Å². The molecule has 2 rings (SSSR count). The van der Waals surface area contributed by atoms with E-state index in [9.17, 15) is 4.79 Å². The van der Waals surface area contributed by atoms with Crippen LogP contribution in [-0.2, 0) is 0 Å². The van der Waals surface area contributed by atoms with Crippen LogP contribution in [0.4, 0.5) is 0 Å². The minimum absolute atomic E-state index is 0.217. The van der Waals surface area contributed by atoms with Crippen molar-refractivity contribution < 1.29 is 4.79 Å². The minimum Gasteiger partial charge on any atom is -0.294 e. The van der Waals surface area contributed by atoms with Gasteiger partial charge in [0.05, 0.1) is 0 Å². The summed E-state index contributed by atoms with van der Waals surface area (Å²) in [5, 5.41) is 0. The molecule has 1 aromatic rings. The number of ketones is 1. The van der Waals surface area contributed by atoms with E-state index in [1.807, 2.05) is 18.2 Å². The molecule has 18 heavy (non-hydrogen) atoms. The number of rotatable bonds is 3. The summed E-state index contributed by atoms with van der Waals surface area (Å²) in [4.78, 5) is 12.7. The van der Waals surface area contributed by atoms with Gasteiger partial charge in [0.2, 0.25) is 0 Å². The Labute approximate surface area is 126 Å². The van der Waals surface area contributed by atoms with E-state index in [0.717, 1.165) is 27.4 Å². The lowest BCUT2D eigenvalue weighted by molar-refractivity contribution is 0.0819. The summed E-state index contributed by atoms with van der Waals surface area (Å²) in [6.45, 7) is 2.20. The highest BCUT2D eigenvalue weighted by atomic mass is 79.9. The number of carbonyl (C=O) groups is 1. The van der Waals surface area contributed by atoms with Crippen LogP contribution < -0.4 is 0 Å². The fourth-order valence-electron chi connectivity index (χ4n) is 2.93. The largest absolute Gasteiger partial charge is 0.294 e. The molecule has 3 heteroatoms. The molecule has 0 aliphatic heterocycles. The van der Waals surface area contributed by atoms with E-state index in [-0.39, 0.29) is 5.92 Å². The molecule has 0 amide bonds. The second-order valence-electron chi connectivity index (χ2n) is 5.05. The lowest BCUT2D eigenvalue weighted by Gasteiger charge is -2.30. The van der Waals surface area contributed by atoms with Crippen molar-refractivity contribution in [3.8, 4) is 0 Å². The van der Waals surface area contributed by atoms with Crippen LogP contribution in [0, 0.1) is 11.8 Å². The van der Waals surface area contributed by atoms with Gasteiger partial charge >= 0.3 is 0 Å². The third kappa shape index (κ3) is 3.05. The van der Waals surface area contributed by atoms with Gasteiger partial charge in [0, 0.05) is 20.4 Å². The topological polar surface area (TPSA) is 17.1 Å². The Morgan fingerprint density at radius 2 is 2.00 bits per heavy atom. The fourth-order valence-corrected chi connectivity index (χ4v) is 3.73. The lowest BCUT2D eigenvalue weighted by atomic mass is 9.74. The van der Waals surface area contributed by atoms with Crippen molar-refractivity contribution in [2.45, 2.75) is 39.0 Å². The van der Waals surface area contributed by atoms with Crippen molar-refractivity contribution in [3.63, 3.8) is 0 Å². The van der Waals surface area contributed by atoms with Crippen LogP contribution in [-0.4, -0.2) is 5.78 Å². The van der Waals surface area contributed by atoms with Gasteiger partial charge in [-0.1, -0.05) is 58.0 Å². The van der Waals surface area contributed by atoms with Gasteiger partial charge in [0.25, 0.3) is 0 Å². The van der Waals surface area contributed by atoms with Crippen LogP contribution in [0.2, 0.25) is 0 Å². The maximum atomic E-state index is 12.7. The van der Waals surface area contributed by atoms with Crippen molar-refractivity contribution in [2.24, 2.45) is 11.8 Å². The van der Waals surface area contributed by atoms with E-state index in [2.05, 4.69) is 38.8 Å². The Morgan fingerprint density at radius 3 is 2.72 bits per heavy atom. The quantitative estimate of drug-likeness (QED) is 0.629. The molecule has 2 atom stereocenters. The van der Waals surface area contributed by atoms with Crippen LogP contribution >= 0.6 is 31.9 Å². The highest BCUT2D eigenvalue weighted by Gasteiger charge is 2.31. The average Bonchev–Trinajstić information content (AvgIpc) is 2.40. The predicted octanol–water partition coefficient (Wildman–Crippen LogP) is 5.61. The first-order valence-electron chi connectivity index (χ1n) is 6.62. The van der Waals surface area contributed by atoms with Gasteiger partial charge in [-0.15, -0.1) is 0 Å². The second-order valence-corrected chi connectivity index (χ2v) is 6.82. The lowest BCUT2D eigenvalue weighted by Crippen LogP contribution is -2.27. The first kappa shape index (κ1) is 14.3. The molecule has 0 aromatic heterocycles. The molecule has 1 saturated carbocycles. The monoisotopic (exact) mass is 372 g/mol. The van der Waals surface area contributed by atoms with Gasteiger partial charge in [0.1, 0.15) is 0 Å². The average molecular weight is 374 g/mol. The summed E-state index contributed by atoms with van der Waals surface area (Å²) in [6.07, 6.45) is 5.84. The van der Waals surface area contributed by atoms with Crippen LogP contribution in [0.1, 0.15) is 49.4 Å². The number of benzene rings is 1. The third-order valence-electron chi connectivity index (χ3n) is 3.96. The zero-order chi connectivity index (χ0) is 13.1. The molecule has 0 bridgehead atoms. The van der Waals surface area contributed by atoms with E-state index in [0.29, 0.717) is 11.7 Å². The molecule has 0 N–H and O–H groups in total. The Bertz CT molecular complexity index is 442. The summed E-state index contributed by atoms with van der Waals surface area (Å²) in [5.74, 6) is 1.10. The Hall–Kier alpha value is -0.150. The molecular weight excluding hydrogens is 356 g/mol. The third-order valence-corrected chi connectivity index (χ3v) is 5.15. The summed E-state index contributed by atoms with van der Waals surface area (Å²) >= 11 is 6.95. The first-order valence-corrected chi connectivity index (χ1v) is 8.21. The van der Waals surface area contributed by atoms with Crippen LogP contribution in [0.5, 0.6) is 0 Å². The second kappa shape index (κ2) is 6.33. The molecule has 1 aromatic carbocycles. The highest BCUT2D eigenvalue weighted by molar-refractivity contribution is 9.11. The van der Waals surface area contributed by atoms with E-state index in [1.54, 1.807) is 0 Å². The summed E-state index contributed by atoms with van der Waals surface area (Å²) in [6, 6.07) is 5.84. The molecule has 0 saturated heterocycles. The molecule has 1 nitrogen and oxygen atoms in total. The van der Waals surface area contributed by atoms with Crippen molar-refractivity contribution >= 4 is 37.6 Å². The van der Waals surface area contributed by atoms with Crippen LogP contribution in [0.3, 0.4) is 0 Å². The van der Waals surface area contributed by atoms with E-state index >= 15 is 0 Å². The van der Waals surface area contributed by atoms with Crippen molar-refractivity contribution in [1.29, 1.82) is 0 Å². The number of hydrogen-bond acceptors (Lipinski definition) is 1. The van der Waals surface area contributed by atoms with Gasteiger partial charge in [-0.05, 0) is 37.0 Å². The zero-order valence-electron chi connectivity index (χ0n) is 10.6. The first-order chi connectivity index (χ1) is 8.63. The predicted molar refractivity (Wildman–Crippen MR) is 81.9 cm³/mol. The molecule has 2 unspecified atom stereocenters.